The Hall–Kier alpha value is -4.27. The minimum atomic E-state index is 0.128. The molecule has 9 nitrogen and oxygen atoms in total. The molecule has 0 saturated heterocycles. The molecule has 3 aromatic heterocycles. The lowest BCUT2D eigenvalue weighted by molar-refractivity contribution is 0.458. The number of aliphatic imine (C=N–C) groups is 2. The Labute approximate surface area is 177 Å². The first kappa shape index (κ1) is 17.6. The van der Waals surface area contributed by atoms with Crippen molar-refractivity contribution in [3.05, 3.63) is 73.1 Å². The molecule has 31 heavy (non-hydrogen) atoms. The van der Waals surface area contributed by atoms with Gasteiger partial charge in [0.1, 0.15) is 5.82 Å². The summed E-state index contributed by atoms with van der Waals surface area (Å²) >= 11 is 0. The number of aromatic nitrogens is 5. The summed E-state index contributed by atoms with van der Waals surface area (Å²) in [6, 6.07) is 10.0. The maximum Gasteiger partial charge on any atom is 0.173 e. The Bertz CT molecular complexity index is 1360. The van der Waals surface area contributed by atoms with Gasteiger partial charge >= 0.3 is 0 Å². The van der Waals surface area contributed by atoms with Crippen LogP contribution in [-0.4, -0.2) is 47.8 Å². The molecule has 2 N–H and O–H groups in total. The standard InChI is InChI=1S/C22H19N9/c1-30-13-15(11-26-30)19-12-25-22-21(24-7-8-31(19)22)27-16-4-5-17-18(9-16)29-20(28-17)14-3-2-6-23-10-14/h2-11,13,19H,12H2,1H3,(H,24,27)(H,28,29). The second kappa shape index (κ2) is 6.91. The number of aryl methyl sites for hydroxylation is 1. The van der Waals surface area contributed by atoms with E-state index >= 15 is 0 Å². The topological polar surface area (TPSA) is 99.4 Å². The molecular weight excluding hydrogens is 390 g/mol. The zero-order valence-electron chi connectivity index (χ0n) is 16.8. The summed E-state index contributed by atoms with van der Waals surface area (Å²) < 4.78 is 1.81. The first-order chi connectivity index (χ1) is 15.2. The number of imidazole rings is 1. The van der Waals surface area contributed by atoms with E-state index in [1.807, 2.05) is 60.7 Å². The Balaban J connectivity index is 1.26. The summed E-state index contributed by atoms with van der Waals surface area (Å²) in [5.41, 5.74) is 4.82. The Morgan fingerprint density at radius 3 is 3.00 bits per heavy atom. The van der Waals surface area contributed by atoms with Crippen molar-refractivity contribution in [2.24, 2.45) is 17.0 Å². The van der Waals surface area contributed by atoms with E-state index in [0.29, 0.717) is 6.54 Å². The third kappa shape index (κ3) is 3.07. The van der Waals surface area contributed by atoms with E-state index in [2.05, 4.69) is 30.3 Å². The van der Waals surface area contributed by atoms with E-state index < -0.39 is 0 Å². The van der Waals surface area contributed by atoms with Crippen LogP contribution in [-0.2, 0) is 7.05 Å². The fourth-order valence-corrected chi connectivity index (χ4v) is 3.93. The van der Waals surface area contributed by atoms with Crippen LogP contribution in [0.3, 0.4) is 0 Å². The quantitative estimate of drug-likeness (QED) is 0.542. The van der Waals surface area contributed by atoms with Gasteiger partial charge in [0.25, 0.3) is 0 Å². The van der Waals surface area contributed by atoms with E-state index in [1.165, 1.54) is 0 Å². The maximum atomic E-state index is 4.74. The number of nitrogens with zero attached hydrogens (tertiary/aromatic N) is 7. The van der Waals surface area contributed by atoms with E-state index in [4.69, 9.17) is 9.98 Å². The van der Waals surface area contributed by atoms with Gasteiger partial charge < -0.3 is 15.2 Å². The monoisotopic (exact) mass is 409 g/mol. The molecule has 0 saturated carbocycles. The molecule has 0 amide bonds. The summed E-state index contributed by atoms with van der Waals surface area (Å²) in [4.78, 5) is 23.6. The van der Waals surface area contributed by atoms with Gasteiger partial charge in [-0.15, -0.1) is 0 Å². The average molecular weight is 409 g/mol. The number of anilines is 1. The molecule has 4 aromatic rings. The van der Waals surface area contributed by atoms with Crippen molar-refractivity contribution in [3.63, 3.8) is 0 Å². The van der Waals surface area contributed by atoms with Crippen LogP contribution in [0.5, 0.6) is 0 Å². The van der Waals surface area contributed by atoms with Gasteiger partial charge in [-0.05, 0) is 30.3 Å². The van der Waals surface area contributed by atoms with Crippen LogP contribution in [0.1, 0.15) is 11.6 Å². The molecule has 0 bridgehead atoms. The predicted octanol–water partition coefficient (Wildman–Crippen LogP) is 3.11. The second-order valence-corrected chi connectivity index (χ2v) is 7.49. The first-order valence-electron chi connectivity index (χ1n) is 9.98. The number of benzene rings is 1. The summed E-state index contributed by atoms with van der Waals surface area (Å²) in [7, 11) is 1.92. The van der Waals surface area contributed by atoms with E-state index in [1.54, 1.807) is 18.6 Å². The number of pyridine rings is 1. The molecular formula is C22H19N9. The van der Waals surface area contributed by atoms with Gasteiger partial charge in [0.05, 0.1) is 29.8 Å². The highest BCUT2D eigenvalue weighted by molar-refractivity contribution is 6.45. The normalized spacial score (nSPS) is 17.6. The molecule has 152 valence electrons. The van der Waals surface area contributed by atoms with Gasteiger partial charge in [-0.25, -0.2) is 9.98 Å². The summed E-state index contributed by atoms with van der Waals surface area (Å²) in [5, 5.41) is 7.70. The largest absolute Gasteiger partial charge is 0.338 e. The van der Waals surface area contributed by atoms with Gasteiger partial charge in [0, 0.05) is 54.9 Å². The first-order valence-corrected chi connectivity index (χ1v) is 9.98. The number of fused-ring (bicyclic) bond motifs is 2. The van der Waals surface area contributed by atoms with Crippen LogP contribution < -0.4 is 5.32 Å². The van der Waals surface area contributed by atoms with Gasteiger partial charge in [-0.1, -0.05) is 0 Å². The highest BCUT2D eigenvalue weighted by Gasteiger charge is 2.32. The molecule has 1 unspecified atom stereocenters. The Kier molecular flexibility index (Phi) is 3.92. The lowest BCUT2D eigenvalue weighted by atomic mass is 10.1. The predicted molar refractivity (Wildman–Crippen MR) is 120 cm³/mol. The number of nitrogens with one attached hydrogen (secondary N) is 2. The van der Waals surface area contributed by atoms with Crippen LogP contribution in [0.25, 0.3) is 22.4 Å². The fourth-order valence-electron chi connectivity index (χ4n) is 3.93. The summed E-state index contributed by atoms with van der Waals surface area (Å²) in [6.45, 7) is 0.666. The van der Waals surface area contributed by atoms with E-state index in [0.717, 1.165) is 45.3 Å². The summed E-state index contributed by atoms with van der Waals surface area (Å²) in [5.74, 6) is 2.34. The third-order valence-electron chi connectivity index (χ3n) is 5.43. The molecule has 2 aliphatic heterocycles. The minimum absolute atomic E-state index is 0.128. The van der Waals surface area contributed by atoms with Crippen LogP contribution in [0.2, 0.25) is 0 Å². The molecule has 1 aromatic carbocycles. The van der Waals surface area contributed by atoms with Gasteiger partial charge in [0.2, 0.25) is 0 Å². The third-order valence-corrected chi connectivity index (χ3v) is 5.43. The zero-order valence-corrected chi connectivity index (χ0v) is 16.8. The number of amidine groups is 2. The highest BCUT2D eigenvalue weighted by atomic mass is 15.3. The number of aromatic amines is 1. The molecule has 1 atom stereocenters. The smallest absolute Gasteiger partial charge is 0.173 e. The van der Waals surface area contributed by atoms with Crippen molar-refractivity contribution >= 4 is 28.4 Å². The number of rotatable bonds is 3. The highest BCUT2D eigenvalue weighted by Crippen LogP contribution is 2.29. The molecule has 2 aliphatic rings. The van der Waals surface area contributed by atoms with Crippen LogP contribution in [0, 0.1) is 0 Å². The van der Waals surface area contributed by atoms with Crippen LogP contribution >= 0.6 is 0 Å². The molecule has 0 radical (unpaired) electrons. The van der Waals surface area contributed by atoms with Crippen molar-refractivity contribution in [2.45, 2.75) is 6.04 Å². The van der Waals surface area contributed by atoms with Gasteiger partial charge in [0.15, 0.2) is 11.7 Å². The zero-order chi connectivity index (χ0) is 20.8. The lowest BCUT2D eigenvalue weighted by Crippen LogP contribution is -2.37. The average Bonchev–Trinajstić information content (AvgIpc) is 3.52. The molecule has 0 spiro atoms. The van der Waals surface area contributed by atoms with Gasteiger partial charge in [-0.2, -0.15) is 5.10 Å². The maximum absolute atomic E-state index is 4.74. The van der Waals surface area contributed by atoms with E-state index in [9.17, 15) is 0 Å². The molecule has 9 heteroatoms. The number of H-pyrrole nitrogens is 1. The van der Waals surface area contributed by atoms with Crippen molar-refractivity contribution in [2.75, 3.05) is 11.9 Å². The Morgan fingerprint density at radius 2 is 2.16 bits per heavy atom. The minimum Gasteiger partial charge on any atom is -0.338 e. The van der Waals surface area contributed by atoms with Crippen molar-refractivity contribution < 1.29 is 0 Å². The van der Waals surface area contributed by atoms with Crippen LogP contribution in [0.4, 0.5) is 5.69 Å². The molecule has 5 heterocycles. The van der Waals surface area contributed by atoms with Crippen molar-refractivity contribution in [3.8, 4) is 11.4 Å². The molecule has 0 aliphatic carbocycles. The Morgan fingerprint density at radius 1 is 1.19 bits per heavy atom. The van der Waals surface area contributed by atoms with Crippen molar-refractivity contribution in [1.29, 1.82) is 0 Å². The number of hydrogen-bond acceptors (Lipinski definition) is 7. The SMILES string of the molecule is Cn1cc(C2CN=C3C(Nc4ccc5[nH]c(-c6cccnc6)nc5c4)=NC=CN32)cn1. The number of hydrogen-bond donors (Lipinski definition) is 2. The van der Waals surface area contributed by atoms with Crippen molar-refractivity contribution in [1.82, 2.24) is 29.6 Å². The second-order valence-electron chi connectivity index (χ2n) is 7.49. The lowest BCUT2D eigenvalue weighted by Gasteiger charge is -2.26. The fraction of sp³-hybridized carbons (Fsp3) is 0.136. The van der Waals surface area contributed by atoms with Gasteiger partial charge in [-0.3, -0.25) is 14.7 Å². The van der Waals surface area contributed by atoms with Crippen LogP contribution in [0.15, 0.2) is 77.5 Å². The molecule has 0 fully saturated rings. The summed E-state index contributed by atoms with van der Waals surface area (Å²) in [6.07, 6.45) is 11.2. The molecule has 6 rings (SSSR count). The van der Waals surface area contributed by atoms with E-state index in [-0.39, 0.29) is 6.04 Å².